The van der Waals surface area contributed by atoms with Crippen LogP contribution in [0.1, 0.15) is 39.0 Å². The number of carbonyl (C=O) groups excluding carboxylic acids is 1. The lowest BCUT2D eigenvalue weighted by atomic mass is 9.90. The fourth-order valence-corrected chi connectivity index (χ4v) is 4.15. The number of likely N-dealkylation sites (tertiary alicyclic amines) is 1. The Morgan fingerprint density at radius 1 is 1.18 bits per heavy atom. The summed E-state index contributed by atoms with van der Waals surface area (Å²) in [4.78, 5) is 17.7. The summed E-state index contributed by atoms with van der Waals surface area (Å²) in [6.45, 7) is 8.90. The Labute approximate surface area is 134 Å². The number of rotatable bonds is 3. The second kappa shape index (κ2) is 7.75. The second-order valence-corrected chi connectivity index (χ2v) is 7.17. The zero-order valence-corrected chi connectivity index (χ0v) is 13.9. The van der Waals surface area contributed by atoms with Crippen LogP contribution in [0.4, 0.5) is 0 Å². The Hall–Kier alpha value is -0.650. The minimum atomic E-state index is 0.238. The van der Waals surface area contributed by atoms with Crippen LogP contribution >= 0.6 is 0 Å². The van der Waals surface area contributed by atoms with Gasteiger partial charge in [0, 0.05) is 44.2 Å². The summed E-state index contributed by atoms with van der Waals surface area (Å²) >= 11 is 0. The average molecular weight is 309 g/mol. The maximum Gasteiger partial charge on any atom is 0.226 e. The molecule has 1 N–H and O–H groups in total. The van der Waals surface area contributed by atoms with Crippen molar-refractivity contribution in [1.82, 2.24) is 15.1 Å². The van der Waals surface area contributed by atoms with E-state index < -0.39 is 0 Å². The van der Waals surface area contributed by atoms with Crippen LogP contribution in [0.2, 0.25) is 0 Å². The number of amides is 1. The van der Waals surface area contributed by atoms with E-state index in [0.29, 0.717) is 18.0 Å². The third-order valence-electron chi connectivity index (χ3n) is 5.46. The van der Waals surface area contributed by atoms with Gasteiger partial charge in [0.15, 0.2) is 0 Å². The summed E-state index contributed by atoms with van der Waals surface area (Å²) in [5, 5.41) is 3.45. The molecule has 22 heavy (non-hydrogen) atoms. The molecule has 0 aromatic heterocycles. The smallest absolute Gasteiger partial charge is 0.226 e. The standard InChI is InChI=1S/C17H31N3O2/c1-14-12-15(5-6-18-14)17(21)20-7-3-2-4-16(20)13-19-8-10-22-11-9-19/h14-16,18H,2-13H2,1H3/t14-,15-,16?/m0/s1. The van der Waals surface area contributed by atoms with Crippen LogP contribution in [-0.2, 0) is 9.53 Å². The van der Waals surface area contributed by atoms with Gasteiger partial charge < -0.3 is 15.0 Å². The molecule has 5 nitrogen and oxygen atoms in total. The number of hydrogen-bond donors (Lipinski definition) is 1. The maximum atomic E-state index is 13.0. The minimum absolute atomic E-state index is 0.238. The van der Waals surface area contributed by atoms with Crippen LogP contribution in [-0.4, -0.2) is 73.7 Å². The molecule has 3 aliphatic rings. The molecule has 0 aromatic rings. The molecule has 3 fully saturated rings. The zero-order chi connectivity index (χ0) is 15.4. The fourth-order valence-electron chi connectivity index (χ4n) is 4.15. The molecule has 1 unspecified atom stereocenters. The Morgan fingerprint density at radius 2 is 2.00 bits per heavy atom. The van der Waals surface area contributed by atoms with E-state index >= 15 is 0 Å². The quantitative estimate of drug-likeness (QED) is 0.847. The minimum Gasteiger partial charge on any atom is -0.379 e. The first kappa shape index (κ1) is 16.2. The van der Waals surface area contributed by atoms with E-state index in [2.05, 4.69) is 22.0 Å². The monoisotopic (exact) mass is 309 g/mol. The third-order valence-corrected chi connectivity index (χ3v) is 5.46. The van der Waals surface area contributed by atoms with E-state index in [1.807, 2.05) is 0 Å². The van der Waals surface area contributed by atoms with Crippen LogP contribution in [0, 0.1) is 5.92 Å². The van der Waals surface area contributed by atoms with Gasteiger partial charge in [0.2, 0.25) is 5.91 Å². The highest BCUT2D eigenvalue weighted by Crippen LogP contribution is 2.25. The van der Waals surface area contributed by atoms with Gasteiger partial charge in [-0.3, -0.25) is 9.69 Å². The van der Waals surface area contributed by atoms with Gasteiger partial charge in [-0.05, 0) is 45.6 Å². The van der Waals surface area contributed by atoms with Crippen molar-refractivity contribution >= 4 is 5.91 Å². The number of nitrogens with one attached hydrogen (secondary N) is 1. The lowest BCUT2D eigenvalue weighted by molar-refractivity contribution is -0.141. The molecular weight excluding hydrogens is 278 g/mol. The predicted octanol–water partition coefficient (Wildman–Crippen LogP) is 1.09. The average Bonchev–Trinajstić information content (AvgIpc) is 2.56. The number of piperidine rings is 2. The van der Waals surface area contributed by atoms with Gasteiger partial charge in [-0.15, -0.1) is 0 Å². The van der Waals surface area contributed by atoms with Crippen molar-refractivity contribution in [2.24, 2.45) is 5.92 Å². The summed E-state index contributed by atoms with van der Waals surface area (Å²) in [6, 6.07) is 0.898. The van der Waals surface area contributed by atoms with Crippen LogP contribution in [0.3, 0.4) is 0 Å². The molecule has 0 saturated carbocycles. The maximum absolute atomic E-state index is 13.0. The first-order valence-electron chi connectivity index (χ1n) is 9.08. The molecule has 0 radical (unpaired) electrons. The summed E-state index contributed by atoms with van der Waals surface area (Å²) in [7, 11) is 0. The molecule has 3 aliphatic heterocycles. The normalized spacial score (nSPS) is 34.6. The zero-order valence-electron chi connectivity index (χ0n) is 13.9. The van der Waals surface area contributed by atoms with Gasteiger partial charge in [0.25, 0.3) is 0 Å². The molecule has 0 bridgehead atoms. The Balaban J connectivity index is 1.59. The number of carbonyl (C=O) groups is 1. The van der Waals surface area contributed by atoms with Gasteiger partial charge in [0.05, 0.1) is 13.2 Å². The van der Waals surface area contributed by atoms with Crippen molar-refractivity contribution < 1.29 is 9.53 Å². The largest absolute Gasteiger partial charge is 0.379 e. The molecule has 1 amide bonds. The third kappa shape index (κ3) is 4.00. The van der Waals surface area contributed by atoms with Gasteiger partial charge in [-0.2, -0.15) is 0 Å². The van der Waals surface area contributed by atoms with E-state index in [4.69, 9.17) is 4.74 Å². The van der Waals surface area contributed by atoms with E-state index in [1.54, 1.807) is 0 Å². The Kier molecular flexibility index (Phi) is 5.71. The van der Waals surface area contributed by atoms with Gasteiger partial charge in [-0.1, -0.05) is 0 Å². The summed E-state index contributed by atoms with van der Waals surface area (Å²) in [5.41, 5.74) is 0. The molecule has 0 aliphatic carbocycles. The molecule has 3 rings (SSSR count). The van der Waals surface area contributed by atoms with Crippen molar-refractivity contribution in [2.75, 3.05) is 45.9 Å². The van der Waals surface area contributed by atoms with Crippen molar-refractivity contribution in [1.29, 1.82) is 0 Å². The van der Waals surface area contributed by atoms with E-state index in [-0.39, 0.29) is 5.92 Å². The first-order valence-corrected chi connectivity index (χ1v) is 9.08. The molecule has 3 heterocycles. The van der Waals surface area contributed by atoms with Gasteiger partial charge in [-0.25, -0.2) is 0 Å². The summed E-state index contributed by atoms with van der Waals surface area (Å²) in [6.07, 6.45) is 5.61. The first-order chi connectivity index (χ1) is 10.7. The molecular formula is C17H31N3O2. The van der Waals surface area contributed by atoms with Crippen molar-refractivity contribution in [3.05, 3.63) is 0 Å². The second-order valence-electron chi connectivity index (χ2n) is 7.17. The van der Waals surface area contributed by atoms with E-state index in [9.17, 15) is 4.79 Å². The highest BCUT2D eigenvalue weighted by molar-refractivity contribution is 5.79. The van der Waals surface area contributed by atoms with E-state index in [0.717, 1.165) is 58.8 Å². The molecule has 0 aromatic carbocycles. The number of hydrogen-bond acceptors (Lipinski definition) is 4. The molecule has 126 valence electrons. The van der Waals surface area contributed by atoms with Crippen LogP contribution in [0.5, 0.6) is 0 Å². The number of ether oxygens (including phenoxy) is 1. The topological polar surface area (TPSA) is 44.8 Å². The Morgan fingerprint density at radius 3 is 2.77 bits per heavy atom. The SMILES string of the molecule is C[C@H]1C[C@@H](C(=O)N2CCCCC2CN2CCOCC2)CCN1. The summed E-state index contributed by atoms with van der Waals surface area (Å²) < 4.78 is 5.44. The van der Waals surface area contributed by atoms with Gasteiger partial charge in [0.1, 0.15) is 0 Å². The van der Waals surface area contributed by atoms with E-state index in [1.165, 1.54) is 19.3 Å². The van der Waals surface area contributed by atoms with Crippen molar-refractivity contribution in [2.45, 2.75) is 51.1 Å². The Bertz CT molecular complexity index is 371. The van der Waals surface area contributed by atoms with Crippen LogP contribution in [0.15, 0.2) is 0 Å². The lowest BCUT2D eigenvalue weighted by Gasteiger charge is -2.42. The predicted molar refractivity (Wildman–Crippen MR) is 86.8 cm³/mol. The lowest BCUT2D eigenvalue weighted by Crippen LogP contribution is -2.54. The fraction of sp³-hybridized carbons (Fsp3) is 0.941. The van der Waals surface area contributed by atoms with Crippen molar-refractivity contribution in [3.8, 4) is 0 Å². The highest BCUT2D eigenvalue weighted by Gasteiger charge is 2.34. The number of nitrogens with zero attached hydrogens (tertiary/aromatic N) is 2. The summed E-state index contributed by atoms with van der Waals surface area (Å²) in [5.74, 6) is 0.660. The highest BCUT2D eigenvalue weighted by atomic mass is 16.5. The molecule has 3 atom stereocenters. The molecule has 5 heteroatoms. The number of morpholine rings is 1. The van der Waals surface area contributed by atoms with Gasteiger partial charge >= 0.3 is 0 Å². The van der Waals surface area contributed by atoms with Crippen LogP contribution in [0.25, 0.3) is 0 Å². The molecule has 3 saturated heterocycles. The van der Waals surface area contributed by atoms with Crippen molar-refractivity contribution in [3.63, 3.8) is 0 Å². The molecule has 0 spiro atoms. The van der Waals surface area contributed by atoms with Crippen LogP contribution < -0.4 is 5.32 Å².